The number of rotatable bonds is 2. The van der Waals surface area contributed by atoms with Gasteiger partial charge in [-0.1, -0.05) is 0 Å². The zero-order valence-electron chi connectivity index (χ0n) is 7.98. The molecule has 0 aliphatic carbocycles. The molecule has 0 radical (unpaired) electrons. The van der Waals surface area contributed by atoms with Crippen molar-refractivity contribution < 1.29 is 29.4 Å². The summed E-state index contributed by atoms with van der Waals surface area (Å²) in [6.45, 7) is 1.11. The fourth-order valence-electron chi connectivity index (χ4n) is 0.300. The summed E-state index contributed by atoms with van der Waals surface area (Å²) < 4.78 is 0.844. The first kappa shape index (κ1) is 14.4. The molecule has 0 aromatic heterocycles. The number of quaternary nitrogens is 1. The molecule has 0 heterocycles. The summed E-state index contributed by atoms with van der Waals surface area (Å²) in [7, 11) is 6.16. The summed E-state index contributed by atoms with van der Waals surface area (Å²) in [6.07, 6.45) is 0. The highest BCUT2D eigenvalue weighted by molar-refractivity contribution is 6.26. The van der Waals surface area contributed by atoms with E-state index in [4.69, 9.17) is 24.9 Å². The average Bonchev–Trinajstić information content (AvgIpc) is 1.85. The van der Waals surface area contributed by atoms with Crippen LogP contribution in [0.5, 0.6) is 0 Å². The molecule has 0 aliphatic heterocycles. The first-order chi connectivity index (χ1) is 5.70. The Hall–Kier alpha value is -1.14. The number of nitrogens with zero attached hydrogens (tertiary/aromatic N) is 1. The van der Waals surface area contributed by atoms with Crippen LogP contribution in [-0.2, 0) is 9.59 Å². The topological polar surface area (TPSA) is 97.7 Å². The third-order valence-corrected chi connectivity index (χ3v) is 0.945. The normalized spacial score (nSPS) is 9.85. The molecule has 0 bridgehead atoms. The smallest absolute Gasteiger partial charge is 0.351 e. The molecular formula is C7H15NO5. The minimum absolute atomic E-state index is 0.281. The molecule has 0 atom stereocenters. The van der Waals surface area contributed by atoms with Crippen LogP contribution in [0, 0.1) is 0 Å². The third kappa shape index (κ3) is 18.1. The fraction of sp³-hybridized carbons (Fsp3) is 0.714. The van der Waals surface area contributed by atoms with Crippen molar-refractivity contribution in [2.75, 3.05) is 34.3 Å². The molecule has 0 unspecified atom stereocenters. The van der Waals surface area contributed by atoms with Crippen molar-refractivity contribution in [3.8, 4) is 0 Å². The first-order valence-electron chi connectivity index (χ1n) is 3.56. The maximum atomic E-state index is 9.04. The number of aliphatic carboxylic acids is 2. The molecule has 0 amide bonds. The molecule has 0 aliphatic rings. The Labute approximate surface area is 76.6 Å². The van der Waals surface area contributed by atoms with Gasteiger partial charge in [0.25, 0.3) is 0 Å². The second kappa shape index (κ2) is 6.38. The molecule has 0 saturated carbocycles. The van der Waals surface area contributed by atoms with Gasteiger partial charge in [0.05, 0.1) is 27.7 Å². The van der Waals surface area contributed by atoms with Crippen LogP contribution >= 0.6 is 0 Å². The minimum Gasteiger partial charge on any atom is -0.539 e. The zero-order valence-corrected chi connectivity index (χ0v) is 7.98. The van der Waals surface area contributed by atoms with Crippen molar-refractivity contribution >= 4 is 11.9 Å². The summed E-state index contributed by atoms with van der Waals surface area (Å²) >= 11 is 0. The van der Waals surface area contributed by atoms with Crippen LogP contribution in [0.4, 0.5) is 0 Å². The average molecular weight is 193 g/mol. The molecule has 2 N–H and O–H groups in total. The standard InChI is InChI=1S/C5H14NO.C2H2O4/c1-6(2,3)4-5-7;3-1(4)2(5)6/h7H,4-5H2,1-3H3;(H,3,4)(H,5,6)/q+1;/p-1. The molecule has 0 saturated heterocycles. The van der Waals surface area contributed by atoms with Gasteiger partial charge in [-0.15, -0.1) is 0 Å². The van der Waals surface area contributed by atoms with Crippen LogP contribution in [0.25, 0.3) is 0 Å². The predicted molar refractivity (Wildman–Crippen MR) is 42.6 cm³/mol. The third-order valence-electron chi connectivity index (χ3n) is 0.945. The van der Waals surface area contributed by atoms with E-state index in [0.29, 0.717) is 0 Å². The Morgan fingerprint density at radius 3 is 1.62 bits per heavy atom. The lowest BCUT2D eigenvalue weighted by atomic mass is 10.5. The van der Waals surface area contributed by atoms with Crippen molar-refractivity contribution in [1.82, 2.24) is 0 Å². The van der Waals surface area contributed by atoms with E-state index >= 15 is 0 Å². The van der Waals surface area contributed by atoms with E-state index in [2.05, 4.69) is 21.1 Å². The molecule has 0 spiro atoms. The maximum Gasteiger partial charge on any atom is 0.351 e. The van der Waals surface area contributed by atoms with Gasteiger partial charge in [0, 0.05) is 0 Å². The summed E-state index contributed by atoms with van der Waals surface area (Å²) in [5, 5.41) is 24.7. The number of hydrogen-bond acceptors (Lipinski definition) is 4. The molecule has 0 rings (SSSR count). The summed E-state index contributed by atoms with van der Waals surface area (Å²) in [6, 6.07) is 0. The van der Waals surface area contributed by atoms with Gasteiger partial charge in [0.15, 0.2) is 5.97 Å². The number of aliphatic hydroxyl groups is 1. The van der Waals surface area contributed by atoms with Crippen LogP contribution < -0.4 is 5.11 Å². The van der Waals surface area contributed by atoms with E-state index in [1.165, 1.54) is 0 Å². The van der Waals surface area contributed by atoms with Crippen LogP contribution in [0.2, 0.25) is 0 Å². The predicted octanol–water partition coefficient (Wildman–Crippen LogP) is -2.49. The second-order valence-electron chi connectivity index (χ2n) is 3.33. The van der Waals surface area contributed by atoms with Gasteiger partial charge in [-0.3, -0.25) is 0 Å². The minimum atomic E-state index is -2.07. The Morgan fingerprint density at radius 1 is 1.31 bits per heavy atom. The van der Waals surface area contributed by atoms with Crippen LogP contribution in [0.15, 0.2) is 0 Å². The first-order valence-corrected chi connectivity index (χ1v) is 3.56. The molecule has 13 heavy (non-hydrogen) atoms. The molecule has 0 aromatic rings. The Kier molecular flexibility index (Phi) is 7.07. The fourth-order valence-corrected chi connectivity index (χ4v) is 0.300. The van der Waals surface area contributed by atoms with Gasteiger partial charge >= 0.3 is 5.97 Å². The number of likely N-dealkylation sites (N-methyl/N-ethyl adjacent to an activating group) is 1. The SMILES string of the molecule is C[N+](C)(C)CCO.O=C([O-])C(=O)O. The number of hydrogen-bond donors (Lipinski definition) is 2. The van der Waals surface area contributed by atoms with Gasteiger partial charge in [-0.25, -0.2) is 4.79 Å². The highest BCUT2D eigenvalue weighted by atomic mass is 16.4. The van der Waals surface area contributed by atoms with E-state index < -0.39 is 11.9 Å². The van der Waals surface area contributed by atoms with Crippen LogP contribution in [0.1, 0.15) is 0 Å². The van der Waals surface area contributed by atoms with Gasteiger partial charge in [0.1, 0.15) is 6.54 Å². The molecule has 6 nitrogen and oxygen atoms in total. The number of aliphatic hydroxyl groups excluding tert-OH is 1. The van der Waals surface area contributed by atoms with Crippen LogP contribution in [0.3, 0.4) is 0 Å². The molecule has 78 valence electrons. The summed E-state index contributed by atoms with van der Waals surface area (Å²) in [4.78, 5) is 18.0. The lowest BCUT2D eigenvalue weighted by molar-refractivity contribution is -0.870. The molecule has 0 aromatic carbocycles. The van der Waals surface area contributed by atoms with E-state index in [1.807, 2.05) is 0 Å². The van der Waals surface area contributed by atoms with Crippen LogP contribution in [-0.4, -0.2) is 60.9 Å². The molecule has 0 fully saturated rings. The Morgan fingerprint density at radius 2 is 1.62 bits per heavy atom. The Balaban J connectivity index is 0. The van der Waals surface area contributed by atoms with E-state index in [0.717, 1.165) is 11.0 Å². The van der Waals surface area contributed by atoms with Gasteiger partial charge in [-0.2, -0.15) is 0 Å². The number of carboxylic acid groups (broad SMARTS) is 2. The summed E-state index contributed by atoms with van der Waals surface area (Å²) in [5.74, 6) is -4.01. The molecule has 6 heteroatoms. The van der Waals surface area contributed by atoms with E-state index in [9.17, 15) is 0 Å². The highest BCUT2D eigenvalue weighted by Crippen LogP contribution is 1.84. The van der Waals surface area contributed by atoms with Gasteiger partial charge in [0.2, 0.25) is 0 Å². The lowest BCUT2D eigenvalue weighted by Gasteiger charge is -2.21. The number of carbonyl (C=O) groups excluding carboxylic acids is 1. The monoisotopic (exact) mass is 193 g/mol. The quantitative estimate of drug-likeness (QED) is 0.373. The maximum absolute atomic E-state index is 9.04. The van der Waals surface area contributed by atoms with Crippen molar-refractivity contribution in [3.63, 3.8) is 0 Å². The number of carboxylic acids is 2. The van der Waals surface area contributed by atoms with Crippen molar-refractivity contribution in [2.45, 2.75) is 0 Å². The van der Waals surface area contributed by atoms with Crippen molar-refractivity contribution in [3.05, 3.63) is 0 Å². The van der Waals surface area contributed by atoms with E-state index in [-0.39, 0.29) is 6.61 Å². The van der Waals surface area contributed by atoms with Gasteiger partial charge < -0.3 is 24.6 Å². The zero-order chi connectivity index (χ0) is 11.1. The Bertz CT molecular complexity index is 160. The largest absolute Gasteiger partial charge is 0.539 e. The number of carbonyl (C=O) groups is 2. The van der Waals surface area contributed by atoms with Crippen molar-refractivity contribution in [1.29, 1.82) is 0 Å². The highest BCUT2D eigenvalue weighted by Gasteiger charge is 2.02. The summed E-state index contributed by atoms with van der Waals surface area (Å²) in [5.41, 5.74) is 0. The van der Waals surface area contributed by atoms with Gasteiger partial charge in [-0.05, 0) is 0 Å². The molecular weight excluding hydrogens is 178 g/mol. The second-order valence-corrected chi connectivity index (χ2v) is 3.33. The van der Waals surface area contributed by atoms with E-state index in [1.54, 1.807) is 0 Å². The van der Waals surface area contributed by atoms with Crippen molar-refractivity contribution in [2.24, 2.45) is 0 Å². The lowest BCUT2D eigenvalue weighted by Crippen LogP contribution is -2.36.